The quantitative estimate of drug-likeness (QED) is 0.541. The van der Waals surface area contributed by atoms with Crippen molar-refractivity contribution in [3.8, 4) is 11.5 Å². The van der Waals surface area contributed by atoms with Gasteiger partial charge in [0.05, 0.1) is 5.56 Å². The molecule has 0 bridgehead atoms. The minimum absolute atomic E-state index is 0.188. The maximum Gasteiger partial charge on any atom is 0.261 e. The van der Waals surface area contributed by atoms with Crippen LogP contribution in [0.3, 0.4) is 0 Å². The van der Waals surface area contributed by atoms with Crippen molar-refractivity contribution in [1.29, 1.82) is 0 Å². The summed E-state index contributed by atoms with van der Waals surface area (Å²) in [6.45, 7) is 9.38. The maximum absolute atomic E-state index is 15.2. The van der Waals surface area contributed by atoms with E-state index in [0.29, 0.717) is 23.3 Å². The van der Waals surface area contributed by atoms with Crippen LogP contribution in [0.2, 0.25) is 0 Å². The standard InChI is InChI=1S/C28H36FN5O2/c1-4-19-15-21-17(2)24(27-30-18(3)33-36-27)26(31-25(21)22(29)16-19)34-11-9-28(10-12-34)8-5-23(32-28)20-6-13-35-14-7-20/h15-16,20,23,32H,4-14H2,1-3H3. The van der Waals surface area contributed by atoms with Gasteiger partial charge in [0.25, 0.3) is 5.89 Å². The van der Waals surface area contributed by atoms with Crippen LogP contribution in [0.4, 0.5) is 10.2 Å². The van der Waals surface area contributed by atoms with E-state index in [9.17, 15) is 0 Å². The summed E-state index contributed by atoms with van der Waals surface area (Å²) >= 11 is 0. The number of hydrogen-bond acceptors (Lipinski definition) is 7. The molecule has 1 aromatic carbocycles. The molecule has 3 aliphatic rings. The number of aromatic nitrogens is 3. The maximum atomic E-state index is 15.2. The molecule has 3 saturated heterocycles. The van der Waals surface area contributed by atoms with Crippen molar-refractivity contribution < 1.29 is 13.7 Å². The number of piperidine rings is 1. The van der Waals surface area contributed by atoms with Gasteiger partial charge < -0.3 is 19.5 Å². The van der Waals surface area contributed by atoms with Crippen molar-refractivity contribution >= 4 is 16.7 Å². The highest BCUT2D eigenvalue weighted by Gasteiger charge is 2.43. The van der Waals surface area contributed by atoms with E-state index in [4.69, 9.17) is 14.2 Å². The van der Waals surface area contributed by atoms with E-state index in [2.05, 4.69) is 20.4 Å². The van der Waals surface area contributed by atoms with Crippen LogP contribution in [0.5, 0.6) is 0 Å². The number of anilines is 1. The minimum atomic E-state index is -0.271. The fourth-order valence-corrected chi connectivity index (χ4v) is 6.59. The molecule has 6 rings (SSSR count). The summed E-state index contributed by atoms with van der Waals surface area (Å²) in [7, 11) is 0. The predicted molar refractivity (Wildman–Crippen MR) is 138 cm³/mol. The number of benzene rings is 1. The summed E-state index contributed by atoms with van der Waals surface area (Å²) in [4.78, 5) is 11.7. The zero-order valence-corrected chi connectivity index (χ0v) is 21.6. The van der Waals surface area contributed by atoms with Gasteiger partial charge in [-0.05, 0) is 88.0 Å². The summed E-state index contributed by atoms with van der Waals surface area (Å²) in [5.74, 6) is 2.24. The minimum Gasteiger partial charge on any atom is -0.381 e. The Hall–Kier alpha value is -2.58. The van der Waals surface area contributed by atoms with E-state index < -0.39 is 0 Å². The molecule has 0 radical (unpaired) electrons. The second-order valence-corrected chi connectivity index (χ2v) is 10.9. The van der Waals surface area contributed by atoms with Crippen LogP contribution in [0.15, 0.2) is 16.7 Å². The van der Waals surface area contributed by atoms with E-state index in [1.165, 1.54) is 25.7 Å². The summed E-state index contributed by atoms with van der Waals surface area (Å²) in [5, 5.41) is 8.91. The number of ether oxygens (including phenoxy) is 1. The Balaban J connectivity index is 1.32. The first-order chi connectivity index (χ1) is 17.5. The van der Waals surface area contributed by atoms with E-state index in [1.54, 1.807) is 6.07 Å². The fraction of sp³-hybridized carbons (Fsp3) is 0.607. The summed E-state index contributed by atoms with van der Waals surface area (Å²) in [6, 6.07) is 4.25. The van der Waals surface area contributed by atoms with Gasteiger partial charge in [-0.2, -0.15) is 4.98 Å². The molecule has 0 saturated carbocycles. The van der Waals surface area contributed by atoms with Crippen molar-refractivity contribution in [1.82, 2.24) is 20.4 Å². The van der Waals surface area contributed by atoms with Gasteiger partial charge in [0.1, 0.15) is 17.2 Å². The molecular weight excluding hydrogens is 457 g/mol. The molecule has 7 nitrogen and oxygen atoms in total. The number of hydrogen-bond donors (Lipinski definition) is 1. The third-order valence-corrected chi connectivity index (χ3v) is 8.77. The highest BCUT2D eigenvalue weighted by atomic mass is 19.1. The summed E-state index contributed by atoms with van der Waals surface area (Å²) < 4.78 is 26.4. The molecule has 8 heteroatoms. The van der Waals surface area contributed by atoms with Crippen molar-refractivity contribution in [2.75, 3.05) is 31.2 Å². The summed E-state index contributed by atoms with van der Waals surface area (Å²) in [6.07, 6.45) is 7.65. The molecule has 3 aromatic rings. The highest BCUT2D eigenvalue weighted by Crippen LogP contribution is 2.42. The number of pyridine rings is 1. The highest BCUT2D eigenvalue weighted by molar-refractivity contribution is 5.93. The van der Waals surface area contributed by atoms with E-state index in [1.807, 2.05) is 26.8 Å². The van der Waals surface area contributed by atoms with Gasteiger partial charge in [-0.1, -0.05) is 12.1 Å². The van der Waals surface area contributed by atoms with E-state index >= 15 is 4.39 Å². The Labute approximate surface area is 211 Å². The molecule has 1 atom stereocenters. The lowest BCUT2D eigenvalue weighted by Gasteiger charge is -2.42. The SMILES string of the molecule is CCc1cc(F)c2nc(N3CCC4(CCC(C5CCOCC5)N4)CC3)c(-c3nc(C)no3)c(C)c2c1. The second-order valence-electron chi connectivity index (χ2n) is 10.9. The first kappa shape index (κ1) is 23.8. The lowest BCUT2D eigenvalue weighted by molar-refractivity contribution is 0.0539. The van der Waals surface area contributed by atoms with Crippen LogP contribution in [-0.4, -0.2) is 53.0 Å². The largest absolute Gasteiger partial charge is 0.381 e. The smallest absolute Gasteiger partial charge is 0.261 e. The van der Waals surface area contributed by atoms with Crippen molar-refractivity contribution in [3.05, 3.63) is 34.9 Å². The number of rotatable bonds is 4. The van der Waals surface area contributed by atoms with Gasteiger partial charge in [0.15, 0.2) is 5.82 Å². The molecule has 0 amide bonds. The van der Waals surface area contributed by atoms with Gasteiger partial charge in [0, 0.05) is 43.3 Å². The average Bonchev–Trinajstić information content (AvgIpc) is 3.51. The van der Waals surface area contributed by atoms with E-state index in [0.717, 1.165) is 79.4 Å². The summed E-state index contributed by atoms with van der Waals surface area (Å²) in [5.41, 5.74) is 3.32. The molecule has 36 heavy (non-hydrogen) atoms. The van der Waals surface area contributed by atoms with Crippen LogP contribution in [0.1, 0.15) is 62.4 Å². The predicted octanol–water partition coefficient (Wildman–Crippen LogP) is 5.12. The van der Waals surface area contributed by atoms with Crippen LogP contribution < -0.4 is 10.2 Å². The molecule has 1 N–H and O–H groups in total. The third-order valence-electron chi connectivity index (χ3n) is 8.77. The Kier molecular flexibility index (Phi) is 6.20. The van der Waals surface area contributed by atoms with Crippen LogP contribution >= 0.6 is 0 Å². The van der Waals surface area contributed by atoms with Crippen LogP contribution in [0.25, 0.3) is 22.4 Å². The van der Waals surface area contributed by atoms with Gasteiger partial charge in [-0.25, -0.2) is 9.37 Å². The Morgan fingerprint density at radius 3 is 2.56 bits per heavy atom. The van der Waals surface area contributed by atoms with Crippen LogP contribution in [0, 0.1) is 25.6 Å². The normalized spacial score (nSPS) is 22.7. The van der Waals surface area contributed by atoms with Gasteiger partial charge >= 0.3 is 0 Å². The van der Waals surface area contributed by atoms with Gasteiger partial charge in [-0.3, -0.25) is 0 Å². The molecule has 5 heterocycles. The fourth-order valence-electron chi connectivity index (χ4n) is 6.59. The zero-order chi connectivity index (χ0) is 24.9. The first-order valence-electron chi connectivity index (χ1n) is 13.5. The second kappa shape index (κ2) is 9.38. The molecule has 3 fully saturated rings. The van der Waals surface area contributed by atoms with Gasteiger partial charge in [0.2, 0.25) is 0 Å². The number of halogens is 1. The Bertz CT molecular complexity index is 1260. The molecule has 1 spiro atoms. The number of nitrogens with zero attached hydrogens (tertiary/aromatic N) is 4. The monoisotopic (exact) mass is 493 g/mol. The zero-order valence-electron chi connectivity index (χ0n) is 21.6. The lowest BCUT2D eigenvalue weighted by Crippen LogP contribution is -2.53. The number of fused-ring (bicyclic) bond motifs is 1. The van der Waals surface area contributed by atoms with Crippen molar-refractivity contribution in [3.63, 3.8) is 0 Å². The molecule has 1 unspecified atom stereocenters. The van der Waals surface area contributed by atoms with Gasteiger partial charge in [-0.15, -0.1) is 0 Å². The lowest BCUT2D eigenvalue weighted by atomic mass is 9.86. The van der Waals surface area contributed by atoms with Crippen molar-refractivity contribution in [2.45, 2.75) is 77.3 Å². The third kappa shape index (κ3) is 4.18. The Morgan fingerprint density at radius 1 is 1.08 bits per heavy atom. The molecule has 192 valence electrons. The van der Waals surface area contributed by atoms with Crippen molar-refractivity contribution in [2.24, 2.45) is 5.92 Å². The number of nitrogens with one attached hydrogen (secondary N) is 1. The number of aryl methyl sites for hydroxylation is 3. The average molecular weight is 494 g/mol. The van der Waals surface area contributed by atoms with Crippen LogP contribution in [-0.2, 0) is 11.2 Å². The first-order valence-corrected chi connectivity index (χ1v) is 13.5. The van der Waals surface area contributed by atoms with E-state index in [-0.39, 0.29) is 11.4 Å². The molecule has 3 aliphatic heterocycles. The molecule has 2 aromatic heterocycles. The Morgan fingerprint density at radius 2 is 1.86 bits per heavy atom. The topological polar surface area (TPSA) is 76.3 Å². The molecular formula is C28H36FN5O2. The molecule has 0 aliphatic carbocycles.